The van der Waals surface area contributed by atoms with Gasteiger partial charge in [0, 0.05) is 29.8 Å². The summed E-state index contributed by atoms with van der Waals surface area (Å²) in [6, 6.07) is 6.65. The molecule has 3 N–H and O–H groups in total. The number of alkyl halides is 3. The highest BCUT2D eigenvalue weighted by atomic mass is 19.4. The first-order chi connectivity index (χ1) is 13.3. The highest BCUT2D eigenvalue weighted by Gasteiger charge is 2.56. The fraction of sp³-hybridized carbons (Fsp3) is 0.381. The SMILES string of the molecule is Cc1ccc(F)cc1C(C)(C)CC(O)(Cc1cc2cc(=O)[nH]cc2[nH]1)C(F)(F)F. The number of hydrogen-bond acceptors (Lipinski definition) is 2. The monoisotopic (exact) mass is 410 g/mol. The van der Waals surface area contributed by atoms with Crippen LogP contribution >= 0.6 is 0 Å². The molecule has 0 amide bonds. The summed E-state index contributed by atoms with van der Waals surface area (Å²) in [5.41, 5.74) is -2.93. The van der Waals surface area contributed by atoms with E-state index < -0.39 is 35.9 Å². The molecule has 156 valence electrons. The minimum absolute atomic E-state index is 0.144. The second-order valence-corrected chi connectivity index (χ2v) is 8.19. The van der Waals surface area contributed by atoms with Gasteiger partial charge in [0.05, 0.1) is 5.52 Å². The van der Waals surface area contributed by atoms with E-state index in [4.69, 9.17) is 0 Å². The molecule has 0 bridgehead atoms. The van der Waals surface area contributed by atoms with Crippen molar-refractivity contribution >= 4 is 10.9 Å². The zero-order valence-corrected chi connectivity index (χ0v) is 16.2. The normalized spacial score (nSPS) is 14.9. The van der Waals surface area contributed by atoms with Crippen LogP contribution in [0.15, 0.2) is 41.3 Å². The van der Waals surface area contributed by atoms with Crippen molar-refractivity contribution in [1.29, 1.82) is 0 Å². The van der Waals surface area contributed by atoms with E-state index in [9.17, 15) is 27.5 Å². The number of halogens is 4. The molecule has 29 heavy (non-hydrogen) atoms. The van der Waals surface area contributed by atoms with E-state index in [-0.39, 0.29) is 11.3 Å². The summed E-state index contributed by atoms with van der Waals surface area (Å²) in [6.45, 7) is 4.79. The van der Waals surface area contributed by atoms with Gasteiger partial charge >= 0.3 is 6.18 Å². The second kappa shape index (κ2) is 7.02. The number of nitrogens with one attached hydrogen (secondary N) is 2. The Morgan fingerprint density at radius 2 is 1.79 bits per heavy atom. The lowest BCUT2D eigenvalue weighted by atomic mass is 9.72. The Kier molecular flexibility index (Phi) is 5.11. The van der Waals surface area contributed by atoms with Crippen LogP contribution in [0.25, 0.3) is 10.9 Å². The summed E-state index contributed by atoms with van der Waals surface area (Å²) in [7, 11) is 0. The standard InChI is InChI=1S/C21H22F4N2O2/c1-12-4-5-14(22)8-16(12)19(2,3)11-20(29,21(23,24)25)9-15-6-13-7-18(28)26-10-17(13)27-15/h4-8,10,27,29H,9,11H2,1-3H3,(H,26,28). The lowest BCUT2D eigenvalue weighted by Crippen LogP contribution is -2.51. The van der Waals surface area contributed by atoms with E-state index in [0.717, 1.165) is 0 Å². The predicted molar refractivity (Wildman–Crippen MR) is 102 cm³/mol. The molecule has 1 unspecified atom stereocenters. The minimum atomic E-state index is -4.92. The van der Waals surface area contributed by atoms with E-state index >= 15 is 0 Å². The summed E-state index contributed by atoms with van der Waals surface area (Å²) in [6.07, 6.45) is -4.94. The fourth-order valence-electron chi connectivity index (χ4n) is 3.93. The number of aliphatic hydroxyl groups is 1. The second-order valence-electron chi connectivity index (χ2n) is 8.19. The molecule has 0 aliphatic heterocycles. The van der Waals surface area contributed by atoms with Crippen molar-refractivity contribution in [2.75, 3.05) is 0 Å². The number of aryl methyl sites for hydroxylation is 1. The van der Waals surface area contributed by atoms with Crippen molar-refractivity contribution in [1.82, 2.24) is 9.97 Å². The van der Waals surface area contributed by atoms with Crippen LogP contribution in [0.5, 0.6) is 0 Å². The van der Waals surface area contributed by atoms with Crippen LogP contribution in [0.3, 0.4) is 0 Å². The van der Waals surface area contributed by atoms with Gasteiger partial charge in [-0.1, -0.05) is 19.9 Å². The first-order valence-corrected chi connectivity index (χ1v) is 9.07. The smallest absolute Gasteiger partial charge is 0.380 e. The highest BCUT2D eigenvalue weighted by molar-refractivity contribution is 5.79. The lowest BCUT2D eigenvalue weighted by molar-refractivity contribution is -0.266. The predicted octanol–water partition coefficient (Wildman–Crippen LogP) is 4.51. The highest BCUT2D eigenvalue weighted by Crippen LogP contribution is 2.43. The van der Waals surface area contributed by atoms with Crippen molar-refractivity contribution in [2.45, 2.75) is 50.8 Å². The molecule has 3 rings (SSSR count). The molecule has 2 heterocycles. The van der Waals surface area contributed by atoms with Crippen molar-refractivity contribution in [3.05, 3.63) is 69.5 Å². The van der Waals surface area contributed by atoms with Gasteiger partial charge in [0.25, 0.3) is 0 Å². The maximum absolute atomic E-state index is 13.9. The molecule has 0 spiro atoms. The molecule has 0 aliphatic rings. The Bertz CT molecular complexity index is 1100. The zero-order chi connectivity index (χ0) is 21.6. The molecule has 4 nitrogen and oxygen atoms in total. The molecule has 1 atom stereocenters. The topological polar surface area (TPSA) is 68.9 Å². The van der Waals surface area contributed by atoms with Gasteiger partial charge in [-0.25, -0.2) is 4.39 Å². The van der Waals surface area contributed by atoms with Crippen LogP contribution in [-0.4, -0.2) is 26.9 Å². The number of pyridine rings is 1. The third kappa shape index (κ3) is 4.22. The summed E-state index contributed by atoms with van der Waals surface area (Å²) < 4.78 is 55.5. The van der Waals surface area contributed by atoms with Crippen LogP contribution in [0.1, 0.15) is 37.1 Å². The van der Waals surface area contributed by atoms with Gasteiger partial charge < -0.3 is 15.1 Å². The van der Waals surface area contributed by atoms with Crippen molar-refractivity contribution in [3.63, 3.8) is 0 Å². The molecule has 1 aromatic carbocycles. The summed E-state index contributed by atoms with van der Waals surface area (Å²) in [5, 5.41) is 11.2. The van der Waals surface area contributed by atoms with Gasteiger partial charge in [0.2, 0.25) is 5.56 Å². The van der Waals surface area contributed by atoms with Crippen molar-refractivity contribution in [2.24, 2.45) is 0 Å². The molecular formula is C21H22F4N2O2. The van der Waals surface area contributed by atoms with Crippen LogP contribution in [0.2, 0.25) is 0 Å². The first-order valence-electron chi connectivity index (χ1n) is 9.07. The molecule has 2 aromatic heterocycles. The Morgan fingerprint density at radius 1 is 1.10 bits per heavy atom. The summed E-state index contributed by atoms with van der Waals surface area (Å²) >= 11 is 0. The molecule has 3 aromatic rings. The van der Waals surface area contributed by atoms with Gasteiger partial charge in [0.15, 0.2) is 5.60 Å². The molecule has 0 saturated carbocycles. The average Bonchev–Trinajstić information content (AvgIpc) is 2.96. The average molecular weight is 410 g/mol. The largest absolute Gasteiger partial charge is 0.417 e. The van der Waals surface area contributed by atoms with Crippen LogP contribution in [-0.2, 0) is 11.8 Å². The molecule has 0 radical (unpaired) electrons. The summed E-state index contributed by atoms with van der Waals surface area (Å²) in [5.74, 6) is -0.547. The van der Waals surface area contributed by atoms with Crippen LogP contribution in [0.4, 0.5) is 17.6 Å². The van der Waals surface area contributed by atoms with E-state index in [1.54, 1.807) is 20.8 Å². The number of rotatable bonds is 5. The molecule has 0 saturated heterocycles. The van der Waals surface area contributed by atoms with Gasteiger partial charge in [-0.3, -0.25) is 4.79 Å². The number of aromatic amines is 2. The Morgan fingerprint density at radius 3 is 2.45 bits per heavy atom. The number of fused-ring (bicyclic) bond motifs is 1. The number of benzene rings is 1. The third-order valence-electron chi connectivity index (χ3n) is 5.26. The van der Waals surface area contributed by atoms with E-state index in [2.05, 4.69) is 9.97 Å². The van der Waals surface area contributed by atoms with Crippen molar-refractivity contribution < 1.29 is 22.7 Å². The van der Waals surface area contributed by atoms with E-state index in [1.165, 1.54) is 36.5 Å². The third-order valence-corrected chi connectivity index (χ3v) is 5.26. The summed E-state index contributed by atoms with van der Waals surface area (Å²) in [4.78, 5) is 16.7. The Labute approximate surface area is 164 Å². The first kappa shape index (κ1) is 21.1. The van der Waals surface area contributed by atoms with Gasteiger partial charge in [0.1, 0.15) is 5.82 Å². The number of H-pyrrole nitrogens is 2. The van der Waals surface area contributed by atoms with Crippen LogP contribution < -0.4 is 5.56 Å². The number of aromatic nitrogens is 2. The van der Waals surface area contributed by atoms with Crippen LogP contribution in [0, 0.1) is 12.7 Å². The fourth-order valence-corrected chi connectivity index (χ4v) is 3.93. The molecule has 8 heteroatoms. The molecule has 0 aliphatic carbocycles. The van der Waals surface area contributed by atoms with Crippen molar-refractivity contribution in [3.8, 4) is 0 Å². The molecular weight excluding hydrogens is 388 g/mol. The zero-order valence-electron chi connectivity index (χ0n) is 16.2. The Hall–Kier alpha value is -2.61. The quantitative estimate of drug-likeness (QED) is 0.542. The Balaban J connectivity index is 1.99. The van der Waals surface area contributed by atoms with Gasteiger partial charge in [-0.05, 0) is 48.1 Å². The molecule has 0 fully saturated rings. The minimum Gasteiger partial charge on any atom is -0.380 e. The van der Waals surface area contributed by atoms with Gasteiger partial charge in [-0.2, -0.15) is 13.2 Å². The maximum atomic E-state index is 13.9. The lowest BCUT2D eigenvalue weighted by Gasteiger charge is -2.38. The maximum Gasteiger partial charge on any atom is 0.417 e. The number of hydrogen-bond donors (Lipinski definition) is 3. The van der Waals surface area contributed by atoms with E-state index in [0.29, 0.717) is 22.0 Å². The van der Waals surface area contributed by atoms with E-state index in [1.807, 2.05) is 0 Å². The van der Waals surface area contributed by atoms with Gasteiger partial charge in [-0.15, -0.1) is 0 Å².